The average molecular weight is 388 g/mol. The van der Waals surface area contributed by atoms with Gasteiger partial charge in [0.15, 0.2) is 0 Å². The fourth-order valence-corrected chi connectivity index (χ4v) is 2.12. The molecule has 3 nitrogen and oxygen atoms in total. The van der Waals surface area contributed by atoms with Crippen molar-refractivity contribution < 1.29 is 9.84 Å². The van der Waals surface area contributed by atoms with Gasteiger partial charge in [0.1, 0.15) is 11.5 Å². The zero-order valence-electron chi connectivity index (χ0n) is 10.1. The van der Waals surface area contributed by atoms with Crippen LogP contribution in [0.3, 0.4) is 0 Å². The highest BCUT2D eigenvalue weighted by Gasteiger charge is 2.06. The van der Waals surface area contributed by atoms with Crippen LogP contribution in [0.25, 0.3) is 0 Å². The molecule has 0 aromatic heterocycles. The molecule has 98 valence electrons. The summed E-state index contributed by atoms with van der Waals surface area (Å²) in [7, 11) is 1.56. The Morgan fingerprint density at radius 2 is 1.95 bits per heavy atom. The number of phenolic OH excluding ortho intramolecular Hbond substituents is 1. The van der Waals surface area contributed by atoms with Crippen molar-refractivity contribution in [2.75, 3.05) is 7.11 Å². The fraction of sp³-hybridized carbons (Fsp3) is 0.0714. The maximum absolute atomic E-state index is 9.62. The third-order valence-corrected chi connectivity index (χ3v) is 3.59. The van der Waals surface area contributed by atoms with E-state index in [2.05, 4.69) is 27.6 Å². The van der Waals surface area contributed by atoms with Crippen molar-refractivity contribution in [3.05, 3.63) is 50.6 Å². The number of aromatic hydroxyl groups is 1. The fourth-order valence-electron chi connectivity index (χ4n) is 1.51. The third kappa shape index (κ3) is 3.61. The van der Waals surface area contributed by atoms with E-state index in [1.165, 1.54) is 0 Å². The molecule has 0 amide bonds. The van der Waals surface area contributed by atoms with E-state index in [9.17, 15) is 5.11 Å². The molecule has 0 radical (unpaired) electrons. The Morgan fingerprint density at radius 3 is 2.58 bits per heavy atom. The van der Waals surface area contributed by atoms with Crippen LogP contribution in [0.5, 0.6) is 11.5 Å². The van der Waals surface area contributed by atoms with Crippen LogP contribution in [0.2, 0.25) is 5.02 Å². The van der Waals surface area contributed by atoms with Gasteiger partial charge < -0.3 is 9.84 Å². The summed E-state index contributed by atoms with van der Waals surface area (Å²) in [5.41, 5.74) is 1.61. The Bertz CT molecular complexity index is 612. The van der Waals surface area contributed by atoms with E-state index in [0.29, 0.717) is 10.8 Å². The van der Waals surface area contributed by atoms with Gasteiger partial charge in [0.05, 0.1) is 16.4 Å². The van der Waals surface area contributed by atoms with E-state index in [0.717, 1.165) is 14.8 Å². The standard InChI is InChI=1S/C14H11ClINO2/c1-19-14-7-13(18)12(16)6-9(14)8-17-11-4-2-10(15)3-5-11/h2-8,18H,1H3. The highest BCUT2D eigenvalue weighted by atomic mass is 127. The summed E-state index contributed by atoms with van der Waals surface area (Å²) < 4.78 is 5.96. The second-order valence-corrected chi connectivity index (χ2v) is 5.38. The third-order valence-electron chi connectivity index (χ3n) is 2.48. The Hall–Kier alpha value is -1.27. The van der Waals surface area contributed by atoms with Crippen LogP contribution in [-0.4, -0.2) is 18.4 Å². The summed E-state index contributed by atoms with van der Waals surface area (Å²) in [6, 6.07) is 10.6. The minimum absolute atomic E-state index is 0.195. The second kappa shape index (κ2) is 6.25. The normalized spacial score (nSPS) is 10.9. The number of aliphatic imine (C=N–C) groups is 1. The van der Waals surface area contributed by atoms with Crippen molar-refractivity contribution in [2.24, 2.45) is 4.99 Å². The van der Waals surface area contributed by atoms with E-state index >= 15 is 0 Å². The SMILES string of the molecule is COc1cc(O)c(I)cc1C=Nc1ccc(Cl)cc1. The number of methoxy groups -OCH3 is 1. The van der Waals surface area contributed by atoms with Gasteiger partial charge in [0.25, 0.3) is 0 Å². The average Bonchev–Trinajstić information content (AvgIpc) is 2.41. The first-order chi connectivity index (χ1) is 9.10. The second-order valence-electron chi connectivity index (χ2n) is 3.78. The number of halogens is 2. The molecule has 2 rings (SSSR count). The van der Waals surface area contributed by atoms with E-state index in [-0.39, 0.29) is 5.75 Å². The van der Waals surface area contributed by atoms with Crippen LogP contribution < -0.4 is 4.74 Å². The van der Waals surface area contributed by atoms with Gasteiger partial charge in [-0.1, -0.05) is 11.6 Å². The van der Waals surface area contributed by atoms with Crippen molar-refractivity contribution in [1.29, 1.82) is 0 Å². The highest BCUT2D eigenvalue weighted by molar-refractivity contribution is 14.1. The van der Waals surface area contributed by atoms with Gasteiger partial charge >= 0.3 is 0 Å². The van der Waals surface area contributed by atoms with E-state index in [1.807, 2.05) is 18.2 Å². The van der Waals surface area contributed by atoms with Crippen molar-refractivity contribution in [3.8, 4) is 11.5 Å². The molecule has 2 aromatic rings. The summed E-state index contributed by atoms with van der Waals surface area (Å²) in [6.45, 7) is 0. The molecular weight excluding hydrogens is 377 g/mol. The van der Waals surface area contributed by atoms with Crippen LogP contribution in [0.15, 0.2) is 41.4 Å². The van der Waals surface area contributed by atoms with Crippen LogP contribution in [-0.2, 0) is 0 Å². The highest BCUT2D eigenvalue weighted by Crippen LogP contribution is 2.28. The van der Waals surface area contributed by atoms with Gasteiger partial charge in [-0.3, -0.25) is 4.99 Å². The monoisotopic (exact) mass is 387 g/mol. The molecule has 0 spiro atoms. The van der Waals surface area contributed by atoms with Crippen LogP contribution in [0, 0.1) is 3.57 Å². The number of benzene rings is 2. The van der Waals surface area contributed by atoms with Gasteiger partial charge in [-0.15, -0.1) is 0 Å². The minimum Gasteiger partial charge on any atom is -0.507 e. The van der Waals surface area contributed by atoms with Crippen LogP contribution in [0.4, 0.5) is 5.69 Å². The molecule has 0 aliphatic carbocycles. The first-order valence-corrected chi connectivity index (χ1v) is 6.92. The molecule has 0 heterocycles. The number of rotatable bonds is 3. The lowest BCUT2D eigenvalue weighted by atomic mass is 10.2. The number of hydrogen-bond donors (Lipinski definition) is 1. The van der Waals surface area contributed by atoms with Crippen molar-refractivity contribution >= 4 is 46.1 Å². The summed E-state index contributed by atoms with van der Waals surface area (Å²) in [5, 5.41) is 10.3. The zero-order valence-corrected chi connectivity index (χ0v) is 13.0. The first-order valence-electron chi connectivity index (χ1n) is 5.46. The van der Waals surface area contributed by atoms with E-state index in [1.54, 1.807) is 31.5 Å². The van der Waals surface area contributed by atoms with E-state index < -0.39 is 0 Å². The minimum atomic E-state index is 0.195. The number of phenols is 1. The molecule has 1 N–H and O–H groups in total. The Labute approximate surface area is 130 Å². The lowest BCUT2D eigenvalue weighted by molar-refractivity contribution is 0.406. The lowest BCUT2D eigenvalue weighted by Crippen LogP contribution is -1.92. The Morgan fingerprint density at radius 1 is 1.26 bits per heavy atom. The van der Waals surface area contributed by atoms with E-state index in [4.69, 9.17) is 16.3 Å². The first kappa shape index (κ1) is 14.1. The molecule has 2 aromatic carbocycles. The molecule has 0 saturated carbocycles. The summed E-state index contributed by atoms with van der Waals surface area (Å²) in [5.74, 6) is 0.775. The molecule has 0 aliphatic heterocycles. The lowest BCUT2D eigenvalue weighted by Gasteiger charge is -2.06. The summed E-state index contributed by atoms with van der Waals surface area (Å²) >= 11 is 7.87. The van der Waals surface area contributed by atoms with Gasteiger partial charge in [-0.05, 0) is 52.9 Å². The van der Waals surface area contributed by atoms with Gasteiger partial charge in [0, 0.05) is 22.9 Å². The molecule has 0 saturated heterocycles. The summed E-state index contributed by atoms with van der Waals surface area (Å²) in [4.78, 5) is 4.35. The van der Waals surface area contributed by atoms with Crippen LogP contribution >= 0.6 is 34.2 Å². The molecular formula is C14H11ClINO2. The number of hydrogen-bond acceptors (Lipinski definition) is 3. The van der Waals surface area contributed by atoms with Crippen molar-refractivity contribution in [1.82, 2.24) is 0 Å². The maximum Gasteiger partial charge on any atom is 0.132 e. The topological polar surface area (TPSA) is 41.8 Å². The molecule has 0 bridgehead atoms. The smallest absolute Gasteiger partial charge is 0.132 e. The Balaban J connectivity index is 2.32. The predicted molar refractivity (Wildman–Crippen MR) is 86.1 cm³/mol. The van der Waals surface area contributed by atoms with Gasteiger partial charge in [-0.2, -0.15) is 0 Å². The number of nitrogens with zero attached hydrogens (tertiary/aromatic N) is 1. The molecule has 0 fully saturated rings. The zero-order chi connectivity index (χ0) is 13.8. The van der Waals surface area contributed by atoms with Gasteiger partial charge in [-0.25, -0.2) is 0 Å². The van der Waals surface area contributed by atoms with Crippen molar-refractivity contribution in [3.63, 3.8) is 0 Å². The largest absolute Gasteiger partial charge is 0.507 e. The molecule has 5 heteroatoms. The summed E-state index contributed by atoms with van der Waals surface area (Å²) in [6.07, 6.45) is 1.70. The maximum atomic E-state index is 9.62. The molecule has 0 aliphatic rings. The number of ether oxygens (including phenoxy) is 1. The van der Waals surface area contributed by atoms with Crippen molar-refractivity contribution in [2.45, 2.75) is 0 Å². The predicted octanol–water partition coefficient (Wildman–Crippen LogP) is 4.41. The Kier molecular flexibility index (Phi) is 4.66. The quantitative estimate of drug-likeness (QED) is 0.626. The molecule has 0 unspecified atom stereocenters. The van der Waals surface area contributed by atoms with Gasteiger partial charge in [0.2, 0.25) is 0 Å². The van der Waals surface area contributed by atoms with Crippen LogP contribution in [0.1, 0.15) is 5.56 Å². The molecule has 0 atom stereocenters. The molecule has 19 heavy (non-hydrogen) atoms.